The second-order valence-electron chi connectivity index (χ2n) is 7.04. The number of rotatable bonds is 4. The highest BCUT2D eigenvalue weighted by Gasteiger charge is 2.37. The average Bonchev–Trinajstić information content (AvgIpc) is 2.73. The van der Waals surface area contributed by atoms with Crippen LogP contribution in [-0.4, -0.2) is 32.2 Å². The van der Waals surface area contributed by atoms with Gasteiger partial charge in [-0.3, -0.25) is 14.3 Å². The molecule has 1 aliphatic heterocycles. The predicted molar refractivity (Wildman–Crippen MR) is 105 cm³/mol. The molecule has 1 amide bonds. The number of carbonyl (C=O) groups excluding carboxylic acids is 1. The Bertz CT molecular complexity index is 1050. The van der Waals surface area contributed by atoms with Crippen molar-refractivity contribution in [3.05, 3.63) is 93.9 Å². The van der Waals surface area contributed by atoms with Gasteiger partial charge in [0, 0.05) is 6.54 Å². The van der Waals surface area contributed by atoms with Crippen LogP contribution in [0.1, 0.15) is 40.6 Å². The Morgan fingerprint density at radius 3 is 2.39 bits per heavy atom. The van der Waals surface area contributed by atoms with E-state index in [0.29, 0.717) is 13.0 Å². The van der Waals surface area contributed by atoms with Crippen LogP contribution < -0.4 is 5.43 Å². The van der Waals surface area contributed by atoms with Crippen LogP contribution in [0.4, 0.5) is 0 Å². The van der Waals surface area contributed by atoms with E-state index >= 15 is 0 Å². The van der Waals surface area contributed by atoms with E-state index in [1.165, 1.54) is 4.68 Å². The molecule has 2 atom stereocenters. The third-order valence-corrected chi connectivity index (χ3v) is 5.27. The molecule has 0 radical (unpaired) electrons. The minimum Gasteiger partial charge on any atom is -0.502 e. The number of carbonyl (C=O) groups is 1. The number of hydrogen-bond donors (Lipinski definition) is 1. The minimum absolute atomic E-state index is 0.0394. The third-order valence-electron chi connectivity index (χ3n) is 5.27. The molecule has 0 bridgehead atoms. The third kappa shape index (κ3) is 3.17. The van der Waals surface area contributed by atoms with Crippen LogP contribution in [-0.2, 0) is 6.42 Å². The molecule has 6 heteroatoms. The highest BCUT2D eigenvalue weighted by Crippen LogP contribution is 2.32. The monoisotopic (exact) mass is 375 g/mol. The summed E-state index contributed by atoms with van der Waals surface area (Å²) in [5.74, 6) is -0.925. The maximum absolute atomic E-state index is 13.2. The van der Waals surface area contributed by atoms with E-state index in [0.717, 1.165) is 17.3 Å². The van der Waals surface area contributed by atoms with Crippen molar-refractivity contribution in [1.29, 1.82) is 0 Å². The molecular weight excluding hydrogens is 354 g/mol. The zero-order valence-corrected chi connectivity index (χ0v) is 15.5. The van der Waals surface area contributed by atoms with Gasteiger partial charge in [0.05, 0.1) is 18.3 Å². The number of amides is 1. The van der Waals surface area contributed by atoms with Crippen LogP contribution in [0.3, 0.4) is 0 Å². The highest BCUT2D eigenvalue weighted by atomic mass is 16.3. The van der Waals surface area contributed by atoms with Crippen molar-refractivity contribution in [2.24, 2.45) is 0 Å². The summed E-state index contributed by atoms with van der Waals surface area (Å²) in [4.78, 5) is 26.8. The first-order valence-corrected chi connectivity index (χ1v) is 9.27. The lowest BCUT2D eigenvalue weighted by molar-refractivity contribution is 0.0562. The average molecular weight is 375 g/mol. The molecule has 0 aliphatic carbocycles. The minimum atomic E-state index is -0.646. The molecule has 0 saturated heterocycles. The maximum atomic E-state index is 13.2. The van der Waals surface area contributed by atoms with E-state index in [-0.39, 0.29) is 23.7 Å². The molecule has 2 aromatic carbocycles. The summed E-state index contributed by atoms with van der Waals surface area (Å²) in [6.07, 6.45) is 1.70. The van der Waals surface area contributed by atoms with Gasteiger partial charge in [0.25, 0.3) is 5.91 Å². The molecule has 6 nitrogen and oxygen atoms in total. The Hall–Kier alpha value is -3.41. The molecule has 142 valence electrons. The number of nitrogens with zero attached hydrogens (tertiary/aromatic N) is 3. The van der Waals surface area contributed by atoms with Crippen LogP contribution in [0.25, 0.3) is 0 Å². The van der Waals surface area contributed by atoms with Crippen LogP contribution in [0.15, 0.2) is 71.7 Å². The molecular formula is C22H21N3O3. The van der Waals surface area contributed by atoms with Gasteiger partial charge in [-0.05, 0) is 24.5 Å². The predicted octanol–water partition coefficient (Wildman–Crippen LogP) is 2.95. The summed E-state index contributed by atoms with van der Waals surface area (Å²) >= 11 is 0. The number of aromatic hydroxyl groups is 1. The van der Waals surface area contributed by atoms with Gasteiger partial charge < -0.3 is 10.0 Å². The molecule has 28 heavy (non-hydrogen) atoms. The van der Waals surface area contributed by atoms with Gasteiger partial charge >= 0.3 is 0 Å². The Kier molecular flexibility index (Phi) is 4.69. The summed E-state index contributed by atoms with van der Waals surface area (Å²) in [5, 5.41) is 14.5. The fraction of sp³-hybridized carbons (Fsp3) is 0.227. The van der Waals surface area contributed by atoms with Crippen molar-refractivity contribution in [3.63, 3.8) is 0 Å². The molecule has 0 saturated carbocycles. The van der Waals surface area contributed by atoms with E-state index in [4.69, 9.17) is 0 Å². The first kappa shape index (κ1) is 18.0. The lowest BCUT2D eigenvalue weighted by atomic mass is 9.99. The summed E-state index contributed by atoms with van der Waals surface area (Å²) in [6.45, 7) is 2.39. The summed E-state index contributed by atoms with van der Waals surface area (Å²) in [6, 6.07) is 19.2. The first-order chi connectivity index (χ1) is 13.6. The number of aromatic nitrogens is 2. The van der Waals surface area contributed by atoms with Crippen LogP contribution in [0.2, 0.25) is 0 Å². The van der Waals surface area contributed by atoms with E-state index in [1.54, 1.807) is 4.90 Å². The van der Waals surface area contributed by atoms with Crippen molar-refractivity contribution in [3.8, 4) is 5.75 Å². The summed E-state index contributed by atoms with van der Waals surface area (Å²) in [5.41, 5.74) is 1.41. The van der Waals surface area contributed by atoms with Crippen molar-refractivity contribution in [2.75, 3.05) is 6.54 Å². The van der Waals surface area contributed by atoms with Gasteiger partial charge in [-0.25, -0.2) is 0 Å². The van der Waals surface area contributed by atoms with Gasteiger partial charge in [0.15, 0.2) is 11.4 Å². The smallest absolute Gasteiger partial charge is 0.276 e. The molecule has 3 aromatic rings. The van der Waals surface area contributed by atoms with Crippen LogP contribution in [0, 0.1) is 0 Å². The lowest BCUT2D eigenvalue weighted by Crippen LogP contribution is -2.46. The Balaban J connectivity index is 1.77. The molecule has 1 N–H and O–H groups in total. The Morgan fingerprint density at radius 1 is 1.07 bits per heavy atom. The Labute approximate surface area is 162 Å². The number of hydrogen-bond acceptors (Lipinski definition) is 4. The standard InChI is InChI=1S/C22H21N3O3/c1-15(17-10-6-3-7-11-17)24-14-18(12-16-8-4-2-5-9-16)25-20(22(24)28)21(27)19(26)13-23-25/h2-11,13,15,18,27H,12,14H2,1H3/t15-,18-/m0/s1. The molecule has 2 heterocycles. The van der Waals surface area contributed by atoms with Gasteiger partial charge in [-0.2, -0.15) is 5.10 Å². The van der Waals surface area contributed by atoms with E-state index in [2.05, 4.69) is 5.10 Å². The molecule has 0 spiro atoms. The summed E-state index contributed by atoms with van der Waals surface area (Å²) < 4.78 is 1.50. The van der Waals surface area contributed by atoms with Crippen molar-refractivity contribution in [2.45, 2.75) is 25.4 Å². The molecule has 1 aliphatic rings. The quantitative estimate of drug-likeness (QED) is 0.761. The van der Waals surface area contributed by atoms with Gasteiger partial charge in [-0.1, -0.05) is 60.7 Å². The summed E-state index contributed by atoms with van der Waals surface area (Å²) in [7, 11) is 0. The maximum Gasteiger partial charge on any atom is 0.276 e. The molecule has 0 unspecified atom stereocenters. The van der Waals surface area contributed by atoms with Crippen molar-refractivity contribution >= 4 is 5.91 Å². The normalized spacial score (nSPS) is 17.2. The highest BCUT2D eigenvalue weighted by molar-refractivity contribution is 5.96. The Morgan fingerprint density at radius 2 is 1.71 bits per heavy atom. The van der Waals surface area contributed by atoms with E-state index in [9.17, 15) is 14.7 Å². The zero-order valence-electron chi connectivity index (χ0n) is 15.5. The van der Waals surface area contributed by atoms with Gasteiger partial charge in [0.2, 0.25) is 5.43 Å². The molecule has 4 rings (SSSR count). The topological polar surface area (TPSA) is 75.4 Å². The fourth-order valence-electron chi connectivity index (χ4n) is 3.74. The molecule has 0 fully saturated rings. The second-order valence-corrected chi connectivity index (χ2v) is 7.04. The van der Waals surface area contributed by atoms with E-state index < -0.39 is 11.2 Å². The van der Waals surface area contributed by atoms with Gasteiger partial charge in [-0.15, -0.1) is 0 Å². The van der Waals surface area contributed by atoms with Crippen LogP contribution in [0.5, 0.6) is 5.75 Å². The first-order valence-electron chi connectivity index (χ1n) is 9.27. The molecule has 1 aromatic heterocycles. The number of fused-ring (bicyclic) bond motifs is 1. The SMILES string of the molecule is C[C@@H](c1ccccc1)N1C[C@H](Cc2ccccc2)n2ncc(=O)c(O)c2C1=O. The van der Waals surface area contributed by atoms with Crippen molar-refractivity contribution < 1.29 is 9.90 Å². The fourth-order valence-corrected chi connectivity index (χ4v) is 3.74. The largest absolute Gasteiger partial charge is 0.502 e. The zero-order chi connectivity index (χ0) is 19.7. The van der Waals surface area contributed by atoms with E-state index in [1.807, 2.05) is 67.6 Å². The van der Waals surface area contributed by atoms with Crippen molar-refractivity contribution in [1.82, 2.24) is 14.7 Å². The number of benzene rings is 2. The second kappa shape index (κ2) is 7.31. The van der Waals surface area contributed by atoms with Gasteiger partial charge in [0.1, 0.15) is 0 Å². The lowest BCUT2D eigenvalue weighted by Gasteiger charge is -2.38. The van der Waals surface area contributed by atoms with Crippen LogP contribution >= 0.6 is 0 Å².